The summed E-state index contributed by atoms with van der Waals surface area (Å²) in [6.45, 7) is 1.56. The first kappa shape index (κ1) is 14.9. The summed E-state index contributed by atoms with van der Waals surface area (Å²) >= 11 is 0. The summed E-state index contributed by atoms with van der Waals surface area (Å²) in [7, 11) is 1.20. The summed E-state index contributed by atoms with van der Waals surface area (Å²) in [4.78, 5) is 35.0. The number of methoxy groups -OCH3 is 1. The van der Waals surface area contributed by atoms with E-state index in [0.29, 0.717) is 6.42 Å². The van der Waals surface area contributed by atoms with Gasteiger partial charge in [0.2, 0.25) is 0 Å². The Morgan fingerprint density at radius 2 is 2.06 bits per heavy atom. The molecule has 0 bridgehead atoms. The average Bonchev–Trinajstić information content (AvgIpc) is 2.34. The van der Waals surface area contributed by atoms with Crippen LogP contribution in [-0.2, 0) is 19.1 Å². The fourth-order valence-electron chi connectivity index (χ4n) is 1.08. The molecule has 7 nitrogen and oxygen atoms in total. The van der Waals surface area contributed by atoms with Crippen molar-refractivity contribution in [2.24, 2.45) is 0 Å². The molecule has 7 heteroatoms. The smallest absolute Gasteiger partial charge is 0.325 e. The summed E-state index contributed by atoms with van der Waals surface area (Å²) in [5.74, 6) is -2.34. The van der Waals surface area contributed by atoms with Crippen molar-refractivity contribution in [2.75, 3.05) is 26.7 Å². The molecule has 0 saturated heterocycles. The van der Waals surface area contributed by atoms with Crippen molar-refractivity contribution in [3.8, 4) is 6.07 Å². The van der Waals surface area contributed by atoms with Crippen LogP contribution in [0.3, 0.4) is 0 Å². The van der Waals surface area contributed by atoms with E-state index >= 15 is 0 Å². The highest BCUT2D eigenvalue weighted by molar-refractivity contribution is 6.35. The molecule has 1 N–H and O–H groups in total. The number of ether oxygens (including phenoxy) is 1. The maximum absolute atomic E-state index is 11.6. The van der Waals surface area contributed by atoms with Crippen molar-refractivity contribution in [2.45, 2.75) is 13.3 Å². The summed E-state index contributed by atoms with van der Waals surface area (Å²) in [5, 5.41) is 10.4. The predicted molar refractivity (Wildman–Crippen MR) is 57.5 cm³/mol. The molecule has 0 unspecified atom stereocenters. The van der Waals surface area contributed by atoms with Gasteiger partial charge in [-0.15, -0.1) is 0 Å². The number of carbonyl (C=O) groups is 3. The summed E-state index contributed by atoms with van der Waals surface area (Å²) in [6, 6.07) is 1.68. The maximum Gasteiger partial charge on any atom is 0.325 e. The number of nitrogens with zero attached hydrogens (tertiary/aromatic N) is 2. The third kappa shape index (κ3) is 5.51. The van der Waals surface area contributed by atoms with Gasteiger partial charge in [0.1, 0.15) is 13.1 Å². The second kappa shape index (κ2) is 8.10. The molecule has 0 saturated carbocycles. The van der Waals surface area contributed by atoms with E-state index in [9.17, 15) is 14.4 Å². The minimum Gasteiger partial charge on any atom is -0.468 e. The van der Waals surface area contributed by atoms with E-state index in [0.717, 1.165) is 4.90 Å². The maximum atomic E-state index is 11.6. The Morgan fingerprint density at radius 1 is 1.41 bits per heavy atom. The van der Waals surface area contributed by atoms with E-state index in [2.05, 4.69) is 10.1 Å². The number of nitriles is 1. The zero-order valence-electron chi connectivity index (χ0n) is 9.86. The lowest BCUT2D eigenvalue weighted by Gasteiger charge is -2.19. The minimum absolute atomic E-state index is 0.247. The van der Waals surface area contributed by atoms with Crippen LogP contribution in [0.1, 0.15) is 13.3 Å². The standard InChI is InChI=1S/C10H15N3O4/c1-3-6-13(7-8(14)17-2)10(16)9(15)12-5-4-11/h3,5-7H2,1-2H3,(H,12,15). The average molecular weight is 241 g/mol. The van der Waals surface area contributed by atoms with Gasteiger partial charge in [-0.25, -0.2) is 0 Å². The van der Waals surface area contributed by atoms with Crippen LogP contribution in [0, 0.1) is 11.3 Å². The molecule has 0 radical (unpaired) electrons. The lowest BCUT2D eigenvalue weighted by Crippen LogP contribution is -2.45. The molecular formula is C10H15N3O4. The number of carbonyl (C=O) groups excluding carboxylic acids is 3. The van der Waals surface area contributed by atoms with Crippen molar-refractivity contribution in [3.63, 3.8) is 0 Å². The van der Waals surface area contributed by atoms with E-state index in [1.165, 1.54) is 7.11 Å². The Bertz CT molecular complexity index is 335. The first-order valence-electron chi connectivity index (χ1n) is 5.07. The number of hydrogen-bond donors (Lipinski definition) is 1. The predicted octanol–water partition coefficient (Wildman–Crippen LogP) is -0.962. The number of amides is 2. The molecule has 0 heterocycles. The summed E-state index contributed by atoms with van der Waals surface area (Å²) in [5.41, 5.74) is 0. The molecule has 2 amide bonds. The third-order valence-electron chi connectivity index (χ3n) is 1.85. The van der Waals surface area contributed by atoms with E-state index in [1.54, 1.807) is 6.07 Å². The van der Waals surface area contributed by atoms with Crippen LogP contribution in [0.25, 0.3) is 0 Å². The normalized spacial score (nSPS) is 9.00. The second-order valence-corrected chi connectivity index (χ2v) is 3.14. The molecule has 0 spiro atoms. The van der Waals surface area contributed by atoms with Crippen molar-refractivity contribution in [1.82, 2.24) is 10.2 Å². The third-order valence-corrected chi connectivity index (χ3v) is 1.85. The second-order valence-electron chi connectivity index (χ2n) is 3.14. The van der Waals surface area contributed by atoms with Gasteiger partial charge in [0, 0.05) is 6.54 Å². The zero-order valence-corrected chi connectivity index (χ0v) is 9.86. The van der Waals surface area contributed by atoms with Gasteiger partial charge in [-0.2, -0.15) is 5.26 Å². The van der Waals surface area contributed by atoms with Crippen molar-refractivity contribution < 1.29 is 19.1 Å². The van der Waals surface area contributed by atoms with Crippen molar-refractivity contribution in [3.05, 3.63) is 0 Å². The molecule has 0 aromatic rings. The van der Waals surface area contributed by atoms with Crippen LogP contribution in [0.4, 0.5) is 0 Å². The van der Waals surface area contributed by atoms with Gasteiger partial charge in [-0.3, -0.25) is 14.4 Å². The first-order valence-corrected chi connectivity index (χ1v) is 5.07. The van der Waals surface area contributed by atoms with Gasteiger partial charge in [-0.05, 0) is 6.42 Å². The fraction of sp³-hybridized carbons (Fsp3) is 0.600. The monoisotopic (exact) mass is 241 g/mol. The minimum atomic E-state index is -0.899. The molecule has 0 aromatic heterocycles. The van der Waals surface area contributed by atoms with E-state index in [1.807, 2.05) is 6.92 Å². The fourth-order valence-corrected chi connectivity index (χ4v) is 1.08. The van der Waals surface area contributed by atoms with Crippen LogP contribution in [0.5, 0.6) is 0 Å². The number of nitrogens with one attached hydrogen (secondary N) is 1. The first-order chi connectivity index (χ1) is 8.06. The quantitative estimate of drug-likeness (QED) is 0.379. The number of rotatable bonds is 5. The van der Waals surface area contributed by atoms with Crippen LogP contribution < -0.4 is 5.32 Å². The Kier molecular flexibility index (Phi) is 7.10. The lowest BCUT2D eigenvalue weighted by atomic mass is 10.3. The van der Waals surface area contributed by atoms with E-state index < -0.39 is 17.8 Å². The zero-order chi connectivity index (χ0) is 13.3. The topological polar surface area (TPSA) is 99.5 Å². The van der Waals surface area contributed by atoms with E-state index in [-0.39, 0.29) is 19.6 Å². The summed E-state index contributed by atoms with van der Waals surface area (Å²) < 4.78 is 4.42. The van der Waals surface area contributed by atoms with Crippen molar-refractivity contribution in [1.29, 1.82) is 5.26 Å². The SMILES string of the molecule is CCCN(CC(=O)OC)C(=O)C(=O)NCC#N. The molecule has 0 aliphatic rings. The molecular weight excluding hydrogens is 226 g/mol. The molecule has 0 aliphatic carbocycles. The van der Waals surface area contributed by atoms with Gasteiger partial charge < -0.3 is 15.0 Å². The molecule has 94 valence electrons. The molecule has 0 aromatic carbocycles. The van der Waals surface area contributed by atoms with Crippen LogP contribution >= 0.6 is 0 Å². The number of hydrogen-bond acceptors (Lipinski definition) is 5. The molecule has 17 heavy (non-hydrogen) atoms. The van der Waals surface area contributed by atoms with Crippen molar-refractivity contribution >= 4 is 17.8 Å². The summed E-state index contributed by atoms with van der Waals surface area (Å²) in [6.07, 6.45) is 0.605. The van der Waals surface area contributed by atoms with Gasteiger partial charge in [0.15, 0.2) is 0 Å². The van der Waals surface area contributed by atoms with Crippen LogP contribution in [-0.4, -0.2) is 49.4 Å². The number of esters is 1. The highest BCUT2D eigenvalue weighted by atomic mass is 16.5. The highest BCUT2D eigenvalue weighted by Crippen LogP contribution is 1.94. The lowest BCUT2D eigenvalue weighted by molar-refractivity contribution is -0.151. The Labute approximate surface area is 99.3 Å². The van der Waals surface area contributed by atoms with Gasteiger partial charge >= 0.3 is 17.8 Å². The van der Waals surface area contributed by atoms with Gasteiger partial charge in [0.25, 0.3) is 0 Å². The van der Waals surface area contributed by atoms with Gasteiger partial charge in [0.05, 0.1) is 13.2 Å². The Morgan fingerprint density at radius 3 is 2.53 bits per heavy atom. The largest absolute Gasteiger partial charge is 0.468 e. The Hall–Kier alpha value is -2.10. The van der Waals surface area contributed by atoms with Crippen LogP contribution in [0.2, 0.25) is 0 Å². The van der Waals surface area contributed by atoms with E-state index in [4.69, 9.17) is 5.26 Å². The van der Waals surface area contributed by atoms with Crippen LogP contribution in [0.15, 0.2) is 0 Å². The molecule has 0 atom stereocenters. The molecule has 0 fully saturated rings. The molecule has 0 rings (SSSR count). The molecule has 0 aliphatic heterocycles. The van der Waals surface area contributed by atoms with Gasteiger partial charge in [-0.1, -0.05) is 6.92 Å². The Balaban J connectivity index is 4.48. The highest BCUT2D eigenvalue weighted by Gasteiger charge is 2.23.